The highest BCUT2D eigenvalue weighted by molar-refractivity contribution is 6.12. The van der Waals surface area contributed by atoms with Gasteiger partial charge in [-0.1, -0.05) is 141 Å². The lowest BCUT2D eigenvalue weighted by Crippen LogP contribution is -1.97. The minimum absolute atomic E-state index is 0.984. The first-order chi connectivity index (χ1) is 19.5. The normalized spacial score (nSPS) is 12.1. The van der Waals surface area contributed by atoms with Gasteiger partial charge in [0.15, 0.2) is 0 Å². The second-order valence-corrected chi connectivity index (χ2v) is 10.2. The van der Waals surface area contributed by atoms with Gasteiger partial charge in [0, 0.05) is 0 Å². The van der Waals surface area contributed by atoms with Crippen LogP contribution in [0.4, 0.5) is 0 Å². The standard InChI is InChI=1S/C40H36/c1-7-15-28(6)38(27(5)8-2)30-21-23-31(24-22-30)39-34(9-3)35(10-4)40(37-19-14-13-18-36(37)39)33-25-20-29-16-11-12-17-32(29)26-33/h7,9-26H,3-4,6,8H2,1-2,5H3/b15-7-,38-27-. The Morgan fingerprint density at radius 1 is 0.700 bits per heavy atom. The van der Waals surface area contributed by atoms with Gasteiger partial charge in [0.2, 0.25) is 0 Å². The van der Waals surface area contributed by atoms with Crippen LogP contribution in [-0.4, -0.2) is 0 Å². The van der Waals surface area contributed by atoms with Crippen LogP contribution in [0.15, 0.2) is 134 Å². The molecule has 0 aliphatic carbocycles. The van der Waals surface area contributed by atoms with E-state index in [-0.39, 0.29) is 0 Å². The van der Waals surface area contributed by atoms with Gasteiger partial charge in [-0.25, -0.2) is 0 Å². The van der Waals surface area contributed by atoms with E-state index in [9.17, 15) is 0 Å². The minimum atomic E-state index is 0.984. The van der Waals surface area contributed by atoms with Crippen LogP contribution < -0.4 is 0 Å². The SMILES string of the molecule is C=Cc1c(C=C)c(-c2ccc3ccccc3c2)c2ccccc2c1-c1ccc(/C(C(=C)/C=C\C)=C(/C)CC)cc1. The predicted molar refractivity (Wildman–Crippen MR) is 179 cm³/mol. The van der Waals surface area contributed by atoms with E-state index >= 15 is 0 Å². The van der Waals surface area contributed by atoms with Crippen LogP contribution >= 0.6 is 0 Å². The van der Waals surface area contributed by atoms with Crippen LogP contribution in [0.3, 0.4) is 0 Å². The van der Waals surface area contributed by atoms with E-state index in [0.29, 0.717) is 0 Å². The van der Waals surface area contributed by atoms with Crippen LogP contribution in [0.25, 0.3) is 61.5 Å². The molecule has 0 saturated heterocycles. The summed E-state index contributed by atoms with van der Waals surface area (Å²) >= 11 is 0. The molecular weight excluding hydrogens is 480 g/mol. The molecule has 0 saturated carbocycles. The maximum absolute atomic E-state index is 4.35. The van der Waals surface area contributed by atoms with Crippen molar-refractivity contribution >= 4 is 39.3 Å². The molecule has 5 aromatic carbocycles. The molecule has 0 unspecified atom stereocenters. The molecule has 0 heteroatoms. The summed E-state index contributed by atoms with van der Waals surface area (Å²) < 4.78 is 0. The van der Waals surface area contributed by atoms with Crippen molar-refractivity contribution in [2.24, 2.45) is 0 Å². The Morgan fingerprint density at radius 2 is 1.25 bits per heavy atom. The Labute approximate surface area is 239 Å². The quantitative estimate of drug-likeness (QED) is 0.180. The fourth-order valence-electron chi connectivity index (χ4n) is 5.84. The van der Waals surface area contributed by atoms with Crippen LogP contribution in [0.5, 0.6) is 0 Å². The Morgan fingerprint density at radius 3 is 1.82 bits per heavy atom. The van der Waals surface area contributed by atoms with Gasteiger partial charge < -0.3 is 0 Å². The second kappa shape index (κ2) is 11.6. The zero-order chi connectivity index (χ0) is 28.2. The molecule has 0 heterocycles. The highest BCUT2D eigenvalue weighted by Crippen LogP contribution is 2.44. The Balaban J connectivity index is 1.76. The van der Waals surface area contributed by atoms with E-state index in [1.54, 1.807) is 0 Å². The van der Waals surface area contributed by atoms with E-state index in [2.05, 4.69) is 137 Å². The smallest absolute Gasteiger partial charge is 0.00264 e. The first kappa shape index (κ1) is 26.9. The number of hydrogen-bond donors (Lipinski definition) is 0. The number of allylic oxidation sites excluding steroid dienone is 5. The van der Waals surface area contributed by atoms with Gasteiger partial charge in [-0.2, -0.15) is 0 Å². The van der Waals surface area contributed by atoms with Crippen LogP contribution in [0, 0.1) is 0 Å². The molecule has 0 fully saturated rings. The van der Waals surface area contributed by atoms with E-state index in [4.69, 9.17) is 0 Å². The lowest BCUT2D eigenvalue weighted by atomic mass is 9.82. The molecule has 5 aromatic rings. The summed E-state index contributed by atoms with van der Waals surface area (Å²) in [6, 6.07) is 32.8. The number of rotatable bonds is 8. The summed E-state index contributed by atoms with van der Waals surface area (Å²) in [5.74, 6) is 0. The van der Waals surface area contributed by atoms with Crippen molar-refractivity contribution in [3.63, 3.8) is 0 Å². The van der Waals surface area contributed by atoms with Crippen molar-refractivity contribution in [1.29, 1.82) is 0 Å². The molecule has 0 aliphatic heterocycles. The van der Waals surface area contributed by atoms with Crippen molar-refractivity contribution in [3.05, 3.63) is 151 Å². The Hall–Kier alpha value is -4.68. The van der Waals surface area contributed by atoms with Gasteiger partial charge in [0.25, 0.3) is 0 Å². The third-order valence-electron chi connectivity index (χ3n) is 7.85. The summed E-state index contributed by atoms with van der Waals surface area (Å²) in [6.07, 6.45) is 9.09. The zero-order valence-corrected chi connectivity index (χ0v) is 23.8. The molecule has 0 spiro atoms. The number of fused-ring (bicyclic) bond motifs is 2. The zero-order valence-electron chi connectivity index (χ0n) is 23.8. The van der Waals surface area contributed by atoms with E-state index in [1.807, 2.05) is 19.1 Å². The number of benzene rings is 5. The van der Waals surface area contributed by atoms with E-state index in [1.165, 1.54) is 54.9 Å². The minimum Gasteiger partial charge on any atom is -0.0984 e. The Bertz CT molecular complexity index is 1820. The van der Waals surface area contributed by atoms with Gasteiger partial charge >= 0.3 is 0 Å². The van der Waals surface area contributed by atoms with Crippen molar-refractivity contribution in [2.75, 3.05) is 0 Å². The van der Waals surface area contributed by atoms with Crippen molar-refractivity contribution in [1.82, 2.24) is 0 Å². The average molecular weight is 517 g/mol. The molecule has 196 valence electrons. The predicted octanol–water partition coefficient (Wildman–Crippen LogP) is 11.9. The molecule has 5 rings (SSSR count). The van der Waals surface area contributed by atoms with Crippen LogP contribution in [0.1, 0.15) is 43.9 Å². The average Bonchev–Trinajstić information content (AvgIpc) is 3.00. The van der Waals surface area contributed by atoms with Gasteiger partial charge in [0.05, 0.1) is 0 Å². The molecular formula is C40H36. The fraction of sp³-hybridized carbons (Fsp3) is 0.100. The largest absolute Gasteiger partial charge is 0.0984 e. The van der Waals surface area contributed by atoms with Gasteiger partial charge in [-0.3, -0.25) is 0 Å². The highest BCUT2D eigenvalue weighted by Gasteiger charge is 2.19. The van der Waals surface area contributed by atoms with Gasteiger partial charge in [0.1, 0.15) is 0 Å². The molecule has 0 aliphatic rings. The molecule has 0 N–H and O–H groups in total. The molecule has 0 radical (unpaired) electrons. The first-order valence-electron chi connectivity index (χ1n) is 14.0. The summed E-state index contributed by atoms with van der Waals surface area (Å²) in [5.41, 5.74) is 11.7. The molecule has 0 bridgehead atoms. The molecule has 0 atom stereocenters. The number of hydrogen-bond acceptors (Lipinski definition) is 0. The molecule has 40 heavy (non-hydrogen) atoms. The van der Waals surface area contributed by atoms with Crippen molar-refractivity contribution in [3.8, 4) is 22.3 Å². The van der Waals surface area contributed by atoms with Gasteiger partial charge in [-0.05, 0) is 98.0 Å². The van der Waals surface area contributed by atoms with E-state index in [0.717, 1.165) is 28.7 Å². The summed E-state index contributed by atoms with van der Waals surface area (Å²) in [4.78, 5) is 0. The van der Waals surface area contributed by atoms with E-state index < -0.39 is 0 Å². The molecule has 0 nitrogen and oxygen atoms in total. The summed E-state index contributed by atoms with van der Waals surface area (Å²) in [5, 5.41) is 4.88. The summed E-state index contributed by atoms with van der Waals surface area (Å²) in [7, 11) is 0. The lowest BCUT2D eigenvalue weighted by molar-refractivity contribution is 1.10. The van der Waals surface area contributed by atoms with Gasteiger partial charge in [-0.15, -0.1) is 0 Å². The first-order valence-corrected chi connectivity index (χ1v) is 14.0. The Kier molecular flexibility index (Phi) is 7.80. The maximum Gasteiger partial charge on any atom is -0.00264 e. The maximum atomic E-state index is 4.35. The lowest BCUT2D eigenvalue weighted by Gasteiger charge is -2.21. The molecule has 0 amide bonds. The third kappa shape index (κ3) is 4.78. The highest BCUT2D eigenvalue weighted by atomic mass is 14.2. The fourth-order valence-corrected chi connectivity index (χ4v) is 5.84. The topological polar surface area (TPSA) is 0 Å². The molecule has 0 aromatic heterocycles. The monoisotopic (exact) mass is 516 g/mol. The van der Waals surface area contributed by atoms with Crippen LogP contribution in [-0.2, 0) is 0 Å². The third-order valence-corrected chi connectivity index (χ3v) is 7.85. The second-order valence-electron chi connectivity index (χ2n) is 10.2. The summed E-state index contributed by atoms with van der Waals surface area (Å²) in [6.45, 7) is 19.3. The van der Waals surface area contributed by atoms with Crippen LogP contribution in [0.2, 0.25) is 0 Å². The van der Waals surface area contributed by atoms with Crippen molar-refractivity contribution in [2.45, 2.75) is 27.2 Å². The van der Waals surface area contributed by atoms with Crippen molar-refractivity contribution < 1.29 is 0 Å².